The third-order valence-electron chi connectivity index (χ3n) is 2.51. The summed E-state index contributed by atoms with van der Waals surface area (Å²) in [5.41, 5.74) is 0.344. The van der Waals surface area contributed by atoms with Gasteiger partial charge in [-0.15, -0.1) is 11.3 Å². The fourth-order valence-corrected chi connectivity index (χ4v) is 2.05. The molecule has 1 aromatic carbocycles. The predicted molar refractivity (Wildman–Crippen MR) is 78.9 cm³/mol. The van der Waals surface area contributed by atoms with Gasteiger partial charge < -0.3 is 14.8 Å². The Morgan fingerprint density at radius 1 is 1.14 bits per heavy atom. The Bertz CT molecular complexity index is 643. The normalized spacial score (nSPS) is 9.81. The quantitative estimate of drug-likeness (QED) is 0.840. The summed E-state index contributed by atoms with van der Waals surface area (Å²) in [5.74, 6) is -0.677. The number of thiazole rings is 1. The summed E-state index contributed by atoms with van der Waals surface area (Å²) in [4.78, 5) is 27.5. The van der Waals surface area contributed by atoms with Gasteiger partial charge in [0.2, 0.25) is 0 Å². The molecule has 0 aliphatic carbocycles. The van der Waals surface area contributed by atoms with Crippen molar-refractivity contribution in [2.45, 2.75) is 0 Å². The van der Waals surface area contributed by atoms with Gasteiger partial charge in [0.05, 0.1) is 19.9 Å². The molecule has 21 heavy (non-hydrogen) atoms. The average molecular weight is 307 g/mol. The van der Waals surface area contributed by atoms with Gasteiger partial charge in [-0.25, -0.2) is 4.98 Å². The summed E-state index contributed by atoms with van der Waals surface area (Å²) in [6.07, 6.45) is 1.53. The molecule has 1 aromatic heterocycles. The number of nitrogens with one attached hydrogen (secondary N) is 2. The minimum absolute atomic E-state index is 0.344. The van der Waals surface area contributed by atoms with Gasteiger partial charge in [0.25, 0.3) is 0 Å². The number of carbonyl (C=O) groups excluding carboxylic acids is 2. The molecule has 0 atom stereocenters. The van der Waals surface area contributed by atoms with Gasteiger partial charge in [-0.05, 0) is 12.1 Å². The average Bonchev–Trinajstić information content (AvgIpc) is 2.99. The van der Waals surface area contributed by atoms with Crippen molar-refractivity contribution in [1.82, 2.24) is 4.98 Å². The van der Waals surface area contributed by atoms with Gasteiger partial charge in [-0.3, -0.25) is 14.9 Å². The molecule has 2 aromatic rings. The summed E-state index contributed by atoms with van der Waals surface area (Å²) >= 11 is 1.22. The molecular formula is C13H13N3O4S. The number of ether oxygens (including phenoxy) is 2. The molecule has 0 spiro atoms. The van der Waals surface area contributed by atoms with Crippen LogP contribution < -0.4 is 20.1 Å². The standard InChI is InChI=1S/C13H13N3O4S/c1-19-8-3-4-10(20-2)9(7-8)15-11(17)12(18)16-13-14-5-6-21-13/h3-7H,1-2H3,(H,15,17)(H,14,16,18). The third-order valence-corrected chi connectivity index (χ3v) is 3.20. The number of anilines is 2. The molecule has 0 saturated carbocycles. The second-order valence-electron chi connectivity index (χ2n) is 3.81. The first-order valence-corrected chi connectivity index (χ1v) is 6.76. The van der Waals surface area contributed by atoms with Gasteiger partial charge in [0.1, 0.15) is 11.5 Å². The third kappa shape index (κ3) is 3.69. The Morgan fingerprint density at radius 2 is 1.90 bits per heavy atom. The Hall–Kier alpha value is -2.61. The molecule has 7 nitrogen and oxygen atoms in total. The number of aromatic nitrogens is 1. The van der Waals surface area contributed by atoms with Crippen LogP contribution in [0.5, 0.6) is 11.5 Å². The van der Waals surface area contributed by atoms with E-state index in [4.69, 9.17) is 9.47 Å². The van der Waals surface area contributed by atoms with Crippen molar-refractivity contribution < 1.29 is 19.1 Å². The van der Waals surface area contributed by atoms with E-state index in [1.807, 2.05) is 0 Å². The molecule has 0 bridgehead atoms. The van der Waals surface area contributed by atoms with E-state index >= 15 is 0 Å². The Morgan fingerprint density at radius 3 is 2.52 bits per heavy atom. The molecule has 8 heteroatoms. The van der Waals surface area contributed by atoms with Crippen molar-refractivity contribution >= 4 is 34.0 Å². The highest BCUT2D eigenvalue weighted by Crippen LogP contribution is 2.28. The van der Waals surface area contributed by atoms with Gasteiger partial charge in [-0.2, -0.15) is 0 Å². The molecule has 2 amide bonds. The maximum Gasteiger partial charge on any atom is 0.315 e. The van der Waals surface area contributed by atoms with E-state index in [0.29, 0.717) is 22.3 Å². The number of hydrogen-bond acceptors (Lipinski definition) is 6. The van der Waals surface area contributed by atoms with Crippen LogP contribution in [0, 0.1) is 0 Å². The maximum atomic E-state index is 11.9. The zero-order valence-electron chi connectivity index (χ0n) is 11.4. The zero-order valence-corrected chi connectivity index (χ0v) is 12.2. The van der Waals surface area contributed by atoms with Crippen LogP contribution in [-0.2, 0) is 9.59 Å². The fourth-order valence-electron chi connectivity index (χ4n) is 1.53. The van der Waals surface area contributed by atoms with Crippen molar-refractivity contribution in [3.05, 3.63) is 29.8 Å². The van der Waals surface area contributed by atoms with Crippen LogP contribution in [0.3, 0.4) is 0 Å². The summed E-state index contributed by atoms with van der Waals surface area (Å²) in [7, 11) is 2.97. The summed E-state index contributed by atoms with van der Waals surface area (Å²) in [6, 6.07) is 4.88. The van der Waals surface area contributed by atoms with Crippen LogP contribution in [-0.4, -0.2) is 31.0 Å². The first-order valence-electron chi connectivity index (χ1n) is 5.88. The second-order valence-corrected chi connectivity index (χ2v) is 4.71. The smallest absolute Gasteiger partial charge is 0.315 e. The summed E-state index contributed by atoms with van der Waals surface area (Å²) < 4.78 is 10.2. The van der Waals surface area contributed by atoms with Crippen LogP contribution in [0.2, 0.25) is 0 Å². The maximum absolute atomic E-state index is 11.9. The Labute approximate surface area is 124 Å². The molecule has 110 valence electrons. The number of benzene rings is 1. The fraction of sp³-hybridized carbons (Fsp3) is 0.154. The first kappa shape index (κ1) is 14.8. The lowest BCUT2D eigenvalue weighted by atomic mass is 10.2. The van der Waals surface area contributed by atoms with Crippen LogP contribution in [0.1, 0.15) is 0 Å². The number of hydrogen-bond donors (Lipinski definition) is 2. The van der Waals surface area contributed by atoms with E-state index in [2.05, 4.69) is 15.6 Å². The van der Waals surface area contributed by atoms with Crippen molar-refractivity contribution in [3.8, 4) is 11.5 Å². The number of amides is 2. The lowest BCUT2D eigenvalue weighted by Crippen LogP contribution is -2.29. The van der Waals surface area contributed by atoms with Crippen molar-refractivity contribution in [1.29, 1.82) is 0 Å². The van der Waals surface area contributed by atoms with Gasteiger partial charge >= 0.3 is 11.8 Å². The van der Waals surface area contributed by atoms with E-state index in [1.54, 1.807) is 23.6 Å². The lowest BCUT2D eigenvalue weighted by molar-refractivity contribution is -0.133. The highest BCUT2D eigenvalue weighted by Gasteiger charge is 2.17. The molecule has 0 unspecified atom stereocenters. The SMILES string of the molecule is COc1ccc(OC)c(NC(=O)C(=O)Nc2nccs2)c1. The highest BCUT2D eigenvalue weighted by atomic mass is 32.1. The van der Waals surface area contributed by atoms with Crippen LogP contribution in [0.25, 0.3) is 0 Å². The second kappa shape index (κ2) is 6.71. The molecule has 0 aliphatic rings. The highest BCUT2D eigenvalue weighted by molar-refractivity contribution is 7.13. The molecule has 0 radical (unpaired) electrons. The first-order chi connectivity index (χ1) is 10.1. The summed E-state index contributed by atoms with van der Waals surface area (Å²) in [5, 5.41) is 6.91. The minimum atomic E-state index is -0.822. The monoisotopic (exact) mass is 307 g/mol. The van der Waals surface area contributed by atoms with E-state index in [9.17, 15) is 9.59 Å². The van der Waals surface area contributed by atoms with Crippen molar-refractivity contribution in [2.75, 3.05) is 24.9 Å². The number of nitrogens with zero attached hydrogens (tertiary/aromatic N) is 1. The molecule has 2 rings (SSSR count). The largest absolute Gasteiger partial charge is 0.497 e. The van der Waals surface area contributed by atoms with Crippen LogP contribution in [0.4, 0.5) is 10.8 Å². The Kier molecular flexibility index (Phi) is 4.72. The number of rotatable bonds is 4. The van der Waals surface area contributed by atoms with Crippen LogP contribution >= 0.6 is 11.3 Å². The van der Waals surface area contributed by atoms with E-state index in [-0.39, 0.29) is 0 Å². The minimum Gasteiger partial charge on any atom is -0.497 e. The number of carbonyl (C=O) groups is 2. The van der Waals surface area contributed by atoms with Crippen molar-refractivity contribution in [3.63, 3.8) is 0 Å². The van der Waals surface area contributed by atoms with E-state index in [0.717, 1.165) is 0 Å². The van der Waals surface area contributed by atoms with Gasteiger partial charge in [0, 0.05) is 17.6 Å². The van der Waals surface area contributed by atoms with Crippen molar-refractivity contribution in [2.24, 2.45) is 0 Å². The van der Waals surface area contributed by atoms with E-state index < -0.39 is 11.8 Å². The molecule has 0 saturated heterocycles. The van der Waals surface area contributed by atoms with Crippen LogP contribution in [0.15, 0.2) is 29.8 Å². The molecule has 1 heterocycles. The number of methoxy groups -OCH3 is 2. The predicted octanol–water partition coefficient (Wildman–Crippen LogP) is 1.74. The van der Waals surface area contributed by atoms with Gasteiger partial charge in [0.15, 0.2) is 5.13 Å². The Balaban J connectivity index is 2.09. The molecule has 0 aliphatic heterocycles. The summed E-state index contributed by atoms with van der Waals surface area (Å²) in [6.45, 7) is 0. The molecular weight excluding hydrogens is 294 g/mol. The molecule has 0 fully saturated rings. The molecule has 2 N–H and O–H groups in total. The zero-order chi connectivity index (χ0) is 15.2. The lowest BCUT2D eigenvalue weighted by Gasteiger charge is -2.11. The van der Waals surface area contributed by atoms with E-state index in [1.165, 1.54) is 31.8 Å². The topological polar surface area (TPSA) is 89.5 Å². The van der Waals surface area contributed by atoms with Gasteiger partial charge in [-0.1, -0.05) is 0 Å².